The van der Waals surface area contributed by atoms with Gasteiger partial charge in [-0.25, -0.2) is 4.39 Å². The number of carbonyl (C=O) groups excluding carboxylic acids is 3. The van der Waals surface area contributed by atoms with Gasteiger partial charge in [0.15, 0.2) is 0 Å². The predicted octanol–water partition coefficient (Wildman–Crippen LogP) is 5.44. The number of esters is 1. The number of thioether (sulfide) groups is 1. The molecular weight excluding hydrogens is 457 g/mol. The third-order valence-corrected chi connectivity index (χ3v) is 5.78. The lowest BCUT2D eigenvalue weighted by Crippen LogP contribution is -2.34. The highest BCUT2D eigenvalue weighted by Crippen LogP contribution is 2.32. The van der Waals surface area contributed by atoms with Crippen LogP contribution in [0.25, 0.3) is 6.08 Å². The Morgan fingerprint density at radius 3 is 2.75 bits per heavy atom. The number of hydrogen-bond donors (Lipinski definition) is 0. The standard InChI is InChI=1S/C23H21ClFNO5S/c1-2-3-10-30-21(27)13-26-22(28)20(32-23(26)29)12-15-6-4-7-16(11-15)31-14-17-18(24)8-5-9-19(17)25/h4-9,11-12H,2-3,10,13-14H2,1H3/b20-12+. The normalized spacial score (nSPS) is 14.8. The fraction of sp³-hybridized carbons (Fsp3) is 0.261. The minimum atomic E-state index is -0.621. The summed E-state index contributed by atoms with van der Waals surface area (Å²) in [5.74, 6) is -1.20. The molecule has 1 aliphatic rings. The maximum absolute atomic E-state index is 13.9. The van der Waals surface area contributed by atoms with Crippen molar-refractivity contribution < 1.29 is 28.2 Å². The Balaban J connectivity index is 1.66. The summed E-state index contributed by atoms with van der Waals surface area (Å²) >= 11 is 6.77. The first-order valence-electron chi connectivity index (χ1n) is 9.95. The number of imide groups is 1. The smallest absolute Gasteiger partial charge is 0.326 e. The van der Waals surface area contributed by atoms with Crippen molar-refractivity contribution in [3.05, 3.63) is 69.3 Å². The summed E-state index contributed by atoms with van der Waals surface area (Å²) < 4.78 is 24.6. The second-order valence-electron chi connectivity index (χ2n) is 6.90. The average Bonchev–Trinajstić information content (AvgIpc) is 3.01. The highest BCUT2D eigenvalue weighted by Gasteiger charge is 2.36. The molecule has 0 radical (unpaired) electrons. The second-order valence-corrected chi connectivity index (χ2v) is 8.30. The summed E-state index contributed by atoms with van der Waals surface area (Å²) in [5.41, 5.74) is 0.852. The van der Waals surface area contributed by atoms with Crippen molar-refractivity contribution in [2.45, 2.75) is 26.4 Å². The number of rotatable bonds is 9. The van der Waals surface area contributed by atoms with Crippen LogP contribution in [0.5, 0.6) is 5.75 Å². The molecule has 2 aromatic rings. The van der Waals surface area contributed by atoms with Gasteiger partial charge in [0.1, 0.15) is 24.7 Å². The molecule has 0 saturated carbocycles. The van der Waals surface area contributed by atoms with Crippen LogP contribution in [0.1, 0.15) is 30.9 Å². The largest absolute Gasteiger partial charge is 0.489 e. The maximum Gasteiger partial charge on any atom is 0.326 e. The van der Waals surface area contributed by atoms with Gasteiger partial charge in [-0.1, -0.05) is 43.1 Å². The van der Waals surface area contributed by atoms with Gasteiger partial charge in [-0.2, -0.15) is 0 Å². The SMILES string of the molecule is CCCCOC(=O)CN1C(=O)S/C(=C/c2cccc(OCc3c(F)cccc3Cl)c2)C1=O. The van der Waals surface area contributed by atoms with Crippen molar-refractivity contribution in [2.24, 2.45) is 0 Å². The molecule has 168 valence electrons. The van der Waals surface area contributed by atoms with Crippen LogP contribution in [0.3, 0.4) is 0 Å². The minimum Gasteiger partial charge on any atom is -0.489 e. The summed E-state index contributed by atoms with van der Waals surface area (Å²) in [7, 11) is 0. The van der Waals surface area contributed by atoms with Crippen LogP contribution in [0.4, 0.5) is 9.18 Å². The summed E-state index contributed by atoms with van der Waals surface area (Å²) in [5, 5.41) is -0.265. The van der Waals surface area contributed by atoms with E-state index in [1.165, 1.54) is 18.2 Å². The third-order valence-electron chi connectivity index (χ3n) is 4.52. The molecule has 6 nitrogen and oxygen atoms in total. The van der Waals surface area contributed by atoms with Gasteiger partial charge in [0.25, 0.3) is 11.1 Å². The molecule has 0 atom stereocenters. The summed E-state index contributed by atoms with van der Waals surface area (Å²) in [6.07, 6.45) is 3.12. The lowest BCUT2D eigenvalue weighted by atomic mass is 10.2. The van der Waals surface area contributed by atoms with Crippen molar-refractivity contribution in [3.8, 4) is 5.75 Å². The first-order chi connectivity index (χ1) is 15.4. The van der Waals surface area contributed by atoms with Gasteiger partial charge in [0.05, 0.1) is 16.5 Å². The number of ether oxygens (including phenoxy) is 2. The molecule has 0 bridgehead atoms. The van der Waals surface area contributed by atoms with E-state index in [2.05, 4.69) is 0 Å². The lowest BCUT2D eigenvalue weighted by Gasteiger charge is -2.11. The average molecular weight is 478 g/mol. The van der Waals surface area contributed by atoms with Gasteiger partial charge in [-0.15, -0.1) is 0 Å². The summed E-state index contributed by atoms with van der Waals surface area (Å²) in [6, 6.07) is 11.2. The second kappa shape index (κ2) is 11.2. The minimum absolute atomic E-state index is 0.0639. The molecule has 1 aliphatic heterocycles. The van der Waals surface area contributed by atoms with Gasteiger partial charge >= 0.3 is 5.97 Å². The van der Waals surface area contributed by atoms with Crippen LogP contribution in [0, 0.1) is 5.82 Å². The molecule has 0 aliphatic carbocycles. The predicted molar refractivity (Wildman–Crippen MR) is 121 cm³/mol. The molecule has 0 aromatic heterocycles. The Labute approximate surface area is 194 Å². The third kappa shape index (κ3) is 6.11. The van der Waals surface area contributed by atoms with Crippen LogP contribution in [0.15, 0.2) is 47.4 Å². The first-order valence-corrected chi connectivity index (χ1v) is 11.1. The monoisotopic (exact) mass is 477 g/mol. The fourth-order valence-corrected chi connectivity index (χ4v) is 3.87. The lowest BCUT2D eigenvalue weighted by molar-refractivity contribution is -0.146. The molecule has 1 saturated heterocycles. The Bertz CT molecular complexity index is 1040. The first kappa shape index (κ1) is 23.8. The Morgan fingerprint density at radius 2 is 2.00 bits per heavy atom. The fourth-order valence-electron chi connectivity index (χ4n) is 2.81. The summed E-state index contributed by atoms with van der Waals surface area (Å²) in [4.78, 5) is 37.7. The van der Waals surface area contributed by atoms with Gasteiger partial charge < -0.3 is 9.47 Å². The van der Waals surface area contributed by atoms with Crippen molar-refractivity contribution in [3.63, 3.8) is 0 Å². The van der Waals surface area contributed by atoms with Crippen LogP contribution < -0.4 is 4.74 Å². The van der Waals surface area contributed by atoms with Gasteiger partial charge in [0.2, 0.25) is 0 Å². The van der Waals surface area contributed by atoms with Crippen LogP contribution in [-0.2, 0) is 20.9 Å². The van der Waals surface area contributed by atoms with Crippen LogP contribution >= 0.6 is 23.4 Å². The zero-order chi connectivity index (χ0) is 23.1. The maximum atomic E-state index is 13.9. The molecule has 2 aromatic carbocycles. The van der Waals surface area contributed by atoms with E-state index < -0.39 is 29.5 Å². The zero-order valence-corrected chi connectivity index (χ0v) is 18.9. The number of hydrogen-bond acceptors (Lipinski definition) is 6. The van der Waals surface area contributed by atoms with Gasteiger partial charge in [-0.05, 0) is 54.1 Å². The van der Waals surface area contributed by atoms with E-state index in [0.29, 0.717) is 11.3 Å². The zero-order valence-electron chi connectivity index (χ0n) is 17.3. The van der Waals surface area contributed by atoms with E-state index >= 15 is 0 Å². The molecule has 1 heterocycles. The van der Waals surface area contributed by atoms with E-state index in [-0.39, 0.29) is 28.7 Å². The van der Waals surface area contributed by atoms with Crippen molar-refractivity contribution in [1.82, 2.24) is 4.90 Å². The van der Waals surface area contributed by atoms with Crippen molar-refractivity contribution in [2.75, 3.05) is 13.2 Å². The van der Waals surface area contributed by atoms with E-state index in [0.717, 1.165) is 29.5 Å². The number of carbonyl (C=O) groups is 3. The highest BCUT2D eigenvalue weighted by molar-refractivity contribution is 8.18. The van der Waals surface area contributed by atoms with Gasteiger partial charge in [-0.3, -0.25) is 19.3 Å². The number of unbranched alkanes of at least 4 members (excludes halogenated alkanes) is 1. The molecule has 3 rings (SSSR count). The van der Waals surface area contributed by atoms with E-state index in [1.54, 1.807) is 30.3 Å². The van der Waals surface area contributed by atoms with Crippen LogP contribution in [0.2, 0.25) is 5.02 Å². The van der Waals surface area contributed by atoms with Crippen molar-refractivity contribution in [1.29, 1.82) is 0 Å². The quantitative estimate of drug-likeness (QED) is 0.272. The Kier molecular flexibility index (Phi) is 8.30. The molecule has 2 amide bonds. The Hall–Kier alpha value is -2.84. The molecule has 1 fully saturated rings. The molecule has 0 N–H and O–H groups in total. The van der Waals surface area contributed by atoms with E-state index in [9.17, 15) is 18.8 Å². The molecule has 0 unspecified atom stereocenters. The topological polar surface area (TPSA) is 72.9 Å². The highest BCUT2D eigenvalue weighted by atomic mass is 35.5. The molecule has 9 heteroatoms. The molecular formula is C23H21ClFNO5S. The number of halogens is 2. The van der Waals surface area contributed by atoms with E-state index in [1.807, 2.05) is 6.92 Å². The number of nitrogens with zero attached hydrogens (tertiary/aromatic N) is 1. The number of benzene rings is 2. The van der Waals surface area contributed by atoms with Gasteiger partial charge in [0, 0.05) is 5.56 Å². The number of amides is 2. The molecule has 32 heavy (non-hydrogen) atoms. The van der Waals surface area contributed by atoms with Crippen LogP contribution in [-0.4, -0.2) is 35.2 Å². The van der Waals surface area contributed by atoms with E-state index in [4.69, 9.17) is 21.1 Å². The molecule has 0 spiro atoms. The van der Waals surface area contributed by atoms with Crippen molar-refractivity contribution >= 4 is 46.6 Å². The summed E-state index contributed by atoms with van der Waals surface area (Å²) in [6.45, 7) is 1.74. The Morgan fingerprint density at radius 1 is 1.22 bits per heavy atom.